The second kappa shape index (κ2) is 7.88. The number of carbonyl (C=O) groups excluding carboxylic acids is 1. The second-order valence-electron chi connectivity index (χ2n) is 6.87. The Morgan fingerprint density at radius 1 is 1.00 bits per heavy atom. The fourth-order valence-corrected chi connectivity index (χ4v) is 4.55. The van der Waals surface area contributed by atoms with Crippen LogP contribution in [0.5, 0.6) is 0 Å². The van der Waals surface area contributed by atoms with E-state index in [0.29, 0.717) is 6.42 Å². The van der Waals surface area contributed by atoms with Gasteiger partial charge in [-0.1, -0.05) is 60.7 Å². The van der Waals surface area contributed by atoms with Gasteiger partial charge in [0.05, 0.1) is 0 Å². The van der Waals surface area contributed by atoms with E-state index in [9.17, 15) is 4.79 Å². The summed E-state index contributed by atoms with van der Waals surface area (Å²) in [6.45, 7) is 1.51. The van der Waals surface area contributed by atoms with Gasteiger partial charge in [0.15, 0.2) is 0 Å². The highest BCUT2D eigenvalue weighted by Crippen LogP contribution is 2.33. The van der Waals surface area contributed by atoms with Gasteiger partial charge in [-0.25, -0.2) is 0 Å². The first kappa shape index (κ1) is 17.0. The lowest BCUT2D eigenvalue weighted by Gasteiger charge is -2.35. The third kappa shape index (κ3) is 3.73. The number of fused-ring (bicyclic) bond motifs is 1. The van der Waals surface area contributed by atoms with E-state index in [1.165, 1.54) is 21.6 Å². The molecule has 0 bridgehead atoms. The van der Waals surface area contributed by atoms with Gasteiger partial charge in [-0.15, -0.1) is 11.3 Å². The molecule has 3 aromatic rings. The highest BCUT2D eigenvalue weighted by Gasteiger charge is 2.28. The molecule has 0 radical (unpaired) electrons. The topological polar surface area (TPSA) is 20.3 Å². The quantitative estimate of drug-likeness (QED) is 0.608. The van der Waals surface area contributed by atoms with E-state index in [1.807, 2.05) is 6.07 Å². The van der Waals surface area contributed by atoms with Crippen molar-refractivity contribution >= 4 is 17.2 Å². The van der Waals surface area contributed by atoms with E-state index < -0.39 is 0 Å². The minimum absolute atomic E-state index is 0.266. The smallest absolute Gasteiger partial charge is 0.222 e. The summed E-state index contributed by atoms with van der Waals surface area (Å²) < 4.78 is 0. The van der Waals surface area contributed by atoms with Crippen molar-refractivity contribution in [1.82, 2.24) is 4.90 Å². The van der Waals surface area contributed by atoms with E-state index in [1.54, 1.807) is 11.3 Å². The third-order valence-corrected chi connectivity index (χ3v) is 6.08. The molecule has 1 atom stereocenters. The third-order valence-electron chi connectivity index (χ3n) is 5.14. The molecule has 1 aromatic heterocycles. The van der Waals surface area contributed by atoms with Crippen LogP contribution in [0.2, 0.25) is 0 Å². The Balaban J connectivity index is 1.48. The highest BCUT2D eigenvalue weighted by molar-refractivity contribution is 7.09. The zero-order chi connectivity index (χ0) is 17.8. The van der Waals surface area contributed by atoms with E-state index in [0.717, 1.165) is 25.9 Å². The molecule has 0 N–H and O–H groups in total. The second-order valence-corrected chi connectivity index (χ2v) is 7.90. The first-order chi connectivity index (χ1) is 12.8. The summed E-state index contributed by atoms with van der Waals surface area (Å²) >= 11 is 1.77. The Kier molecular flexibility index (Phi) is 5.16. The van der Waals surface area contributed by atoms with E-state index in [-0.39, 0.29) is 11.8 Å². The fourth-order valence-electron chi connectivity index (χ4n) is 3.79. The zero-order valence-corrected chi connectivity index (χ0v) is 15.6. The van der Waals surface area contributed by atoms with Crippen LogP contribution in [0.15, 0.2) is 72.1 Å². The lowest BCUT2D eigenvalue weighted by Crippen LogP contribution is -2.38. The van der Waals surface area contributed by atoms with E-state index >= 15 is 0 Å². The largest absolute Gasteiger partial charge is 0.337 e. The van der Waals surface area contributed by atoms with Crippen LogP contribution in [0.3, 0.4) is 0 Å². The number of nitrogens with zero attached hydrogens (tertiary/aromatic N) is 1. The van der Waals surface area contributed by atoms with Gasteiger partial charge in [0.1, 0.15) is 0 Å². The summed E-state index contributed by atoms with van der Waals surface area (Å²) in [6.07, 6.45) is 2.55. The molecule has 1 amide bonds. The summed E-state index contributed by atoms with van der Waals surface area (Å²) in [5.74, 6) is 0.541. The molecule has 0 saturated heterocycles. The molecule has 3 heteroatoms. The Morgan fingerprint density at radius 3 is 2.62 bits per heavy atom. The summed E-state index contributed by atoms with van der Waals surface area (Å²) in [4.78, 5) is 16.3. The van der Waals surface area contributed by atoms with Crippen molar-refractivity contribution in [1.29, 1.82) is 0 Å². The van der Waals surface area contributed by atoms with Crippen LogP contribution in [0.1, 0.15) is 40.3 Å². The molecule has 26 heavy (non-hydrogen) atoms. The summed E-state index contributed by atoms with van der Waals surface area (Å²) in [7, 11) is 0. The molecule has 2 heterocycles. The van der Waals surface area contributed by atoms with Crippen molar-refractivity contribution in [2.45, 2.75) is 31.7 Å². The van der Waals surface area contributed by atoms with Crippen LogP contribution in [-0.2, 0) is 17.8 Å². The molecular formula is C23H23NOS. The molecule has 2 aromatic carbocycles. The normalized spacial score (nSPS) is 16.3. The Morgan fingerprint density at radius 2 is 1.81 bits per heavy atom. The van der Waals surface area contributed by atoms with Gasteiger partial charge in [-0.2, -0.15) is 0 Å². The molecule has 4 rings (SSSR count). The van der Waals surface area contributed by atoms with Gasteiger partial charge in [0, 0.05) is 30.3 Å². The summed E-state index contributed by atoms with van der Waals surface area (Å²) in [5, 5.41) is 2.10. The zero-order valence-electron chi connectivity index (χ0n) is 14.8. The maximum Gasteiger partial charge on any atom is 0.222 e. The van der Waals surface area contributed by atoms with Gasteiger partial charge in [0.2, 0.25) is 5.91 Å². The number of rotatable bonds is 5. The predicted octanol–water partition coefficient (Wildman–Crippen LogP) is 5.25. The van der Waals surface area contributed by atoms with Crippen LogP contribution in [0.4, 0.5) is 0 Å². The maximum absolute atomic E-state index is 12.8. The van der Waals surface area contributed by atoms with Crippen LogP contribution in [0.25, 0.3) is 0 Å². The standard InChI is InChI=1S/C23H23NOS/c25-23(14-6-11-20-12-7-15-26-20)24-16-19-10-4-5-13-21(19)22(17-24)18-8-2-1-3-9-18/h1-5,7-10,12-13,15,22H,6,11,14,16-17H2. The minimum Gasteiger partial charge on any atom is -0.337 e. The molecule has 0 spiro atoms. The van der Waals surface area contributed by atoms with Crippen LogP contribution in [0, 0.1) is 0 Å². The molecule has 1 unspecified atom stereocenters. The summed E-state index contributed by atoms with van der Waals surface area (Å²) in [6, 6.07) is 23.3. The molecule has 1 aliphatic heterocycles. The van der Waals surface area contributed by atoms with Crippen molar-refractivity contribution in [3.63, 3.8) is 0 Å². The van der Waals surface area contributed by atoms with Crippen molar-refractivity contribution in [2.75, 3.05) is 6.54 Å². The average molecular weight is 362 g/mol. The summed E-state index contributed by atoms with van der Waals surface area (Å²) in [5.41, 5.74) is 3.93. The van der Waals surface area contributed by atoms with Gasteiger partial charge in [0.25, 0.3) is 0 Å². The Labute approximate surface area is 159 Å². The molecule has 0 fully saturated rings. The number of hydrogen-bond acceptors (Lipinski definition) is 2. The van der Waals surface area contributed by atoms with Crippen LogP contribution >= 0.6 is 11.3 Å². The van der Waals surface area contributed by atoms with Crippen LogP contribution in [-0.4, -0.2) is 17.4 Å². The van der Waals surface area contributed by atoms with Gasteiger partial charge >= 0.3 is 0 Å². The Bertz CT molecular complexity index is 857. The minimum atomic E-state index is 0.266. The monoisotopic (exact) mass is 361 g/mol. The molecule has 1 aliphatic rings. The highest BCUT2D eigenvalue weighted by atomic mass is 32.1. The van der Waals surface area contributed by atoms with Crippen molar-refractivity contribution in [3.05, 3.63) is 93.7 Å². The van der Waals surface area contributed by atoms with E-state index in [4.69, 9.17) is 0 Å². The fraction of sp³-hybridized carbons (Fsp3) is 0.261. The van der Waals surface area contributed by atoms with E-state index in [2.05, 4.69) is 70.9 Å². The average Bonchev–Trinajstić information content (AvgIpc) is 3.21. The molecule has 0 saturated carbocycles. The lowest BCUT2D eigenvalue weighted by molar-refractivity contribution is -0.132. The SMILES string of the molecule is O=C(CCCc1cccs1)N1Cc2ccccc2C(c2ccccc2)C1. The molecular weight excluding hydrogens is 338 g/mol. The van der Waals surface area contributed by atoms with Gasteiger partial charge in [-0.05, 0) is 41.0 Å². The first-order valence-corrected chi connectivity index (χ1v) is 10.1. The number of hydrogen-bond donors (Lipinski definition) is 0. The predicted molar refractivity (Wildman–Crippen MR) is 107 cm³/mol. The number of thiophene rings is 1. The van der Waals surface area contributed by atoms with Crippen molar-refractivity contribution < 1.29 is 4.79 Å². The van der Waals surface area contributed by atoms with Gasteiger partial charge < -0.3 is 4.90 Å². The number of amides is 1. The van der Waals surface area contributed by atoms with Crippen LogP contribution < -0.4 is 0 Å². The number of carbonyl (C=O) groups is 1. The number of benzene rings is 2. The van der Waals surface area contributed by atoms with Crippen molar-refractivity contribution in [3.8, 4) is 0 Å². The lowest BCUT2D eigenvalue weighted by atomic mass is 9.84. The molecule has 132 valence electrons. The van der Waals surface area contributed by atoms with Crippen molar-refractivity contribution in [2.24, 2.45) is 0 Å². The molecule has 2 nitrogen and oxygen atoms in total. The molecule has 0 aliphatic carbocycles. The first-order valence-electron chi connectivity index (χ1n) is 9.24. The Hall–Kier alpha value is -2.39. The number of aryl methyl sites for hydroxylation is 1. The van der Waals surface area contributed by atoms with Gasteiger partial charge in [-0.3, -0.25) is 4.79 Å². The maximum atomic E-state index is 12.8.